The van der Waals surface area contributed by atoms with E-state index in [0.717, 1.165) is 37.2 Å². The van der Waals surface area contributed by atoms with Crippen molar-refractivity contribution in [3.05, 3.63) is 48.2 Å². The highest BCUT2D eigenvalue weighted by Crippen LogP contribution is 2.26. The Kier molecular flexibility index (Phi) is 6.87. The Hall–Kier alpha value is -3.58. The summed E-state index contributed by atoms with van der Waals surface area (Å²) >= 11 is 1.20. The lowest BCUT2D eigenvalue weighted by molar-refractivity contribution is -0.759. The van der Waals surface area contributed by atoms with E-state index < -0.39 is 0 Å². The average Bonchev–Trinajstić information content (AvgIpc) is 3.31. The van der Waals surface area contributed by atoms with Gasteiger partial charge in [-0.05, 0) is 55.7 Å². The van der Waals surface area contributed by atoms with Crippen molar-refractivity contribution < 1.29 is 18.8 Å². The Morgan fingerprint density at radius 1 is 1.25 bits per heavy atom. The van der Waals surface area contributed by atoms with Gasteiger partial charge in [0, 0.05) is 5.56 Å². The number of pyridine rings is 1. The van der Waals surface area contributed by atoms with Crippen LogP contribution >= 0.6 is 11.8 Å². The molecule has 1 amide bonds. The van der Waals surface area contributed by atoms with Crippen molar-refractivity contribution in [3.63, 3.8) is 0 Å². The molecule has 32 heavy (non-hydrogen) atoms. The molecule has 9 nitrogen and oxygen atoms in total. The molecule has 0 bridgehead atoms. The summed E-state index contributed by atoms with van der Waals surface area (Å²) < 4.78 is 10.4. The van der Waals surface area contributed by atoms with E-state index in [1.54, 1.807) is 30.2 Å². The molecule has 1 N–H and O–H groups in total. The molecule has 4 rings (SSSR count). The first kappa shape index (κ1) is 21.6. The highest BCUT2D eigenvalue weighted by atomic mass is 32.2. The van der Waals surface area contributed by atoms with Crippen LogP contribution in [-0.2, 0) is 4.79 Å². The fourth-order valence-corrected chi connectivity index (χ4v) is 4.15. The van der Waals surface area contributed by atoms with E-state index in [0.29, 0.717) is 16.3 Å². The highest BCUT2D eigenvalue weighted by Gasteiger charge is 2.23. The number of hydrogen-bond acceptors (Lipinski definition) is 8. The highest BCUT2D eigenvalue weighted by molar-refractivity contribution is 8.00. The second-order valence-electron chi connectivity index (χ2n) is 7.23. The fraction of sp³-hybridized carbons (Fsp3) is 0.318. The quantitative estimate of drug-likeness (QED) is 0.432. The number of nitrogens with one attached hydrogen (secondary N) is 1. The number of benzene rings is 1. The zero-order valence-electron chi connectivity index (χ0n) is 17.7. The van der Waals surface area contributed by atoms with E-state index in [2.05, 4.69) is 26.7 Å². The summed E-state index contributed by atoms with van der Waals surface area (Å²) in [6.45, 7) is 1.82. The second-order valence-corrected chi connectivity index (χ2v) is 8.19. The number of rotatable bonds is 7. The summed E-state index contributed by atoms with van der Waals surface area (Å²) in [6.07, 6.45) is 5.11. The van der Waals surface area contributed by atoms with Crippen LogP contribution in [0.4, 0.5) is 5.88 Å². The van der Waals surface area contributed by atoms with Crippen molar-refractivity contribution in [3.8, 4) is 23.1 Å². The summed E-state index contributed by atoms with van der Waals surface area (Å²) in [5.41, 5.74) is 2.03. The van der Waals surface area contributed by atoms with Crippen LogP contribution in [0.1, 0.15) is 24.8 Å². The third kappa shape index (κ3) is 5.18. The van der Waals surface area contributed by atoms with Crippen LogP contribution in [0.3, 0.4) is 0 Å². The largest absolute Gasteiger partial charge is 0.497 e. The number of amides is 1. The molecule has 0 saturated carbocycles. The van der Waals surface area contributed by atoms with E-state index >= 15 is 0 Å². The van der Waals surface area contributed by atoms with Crippen LogP contribution < -0.4 is 19.9 Å². The first-order valence-electron chi connectivity index (χ1n) is 10.3. The Morgan fingerprint density at radius 2 is 2.03 bits per heavy atom. The molecule has 1 fully saturated rings. The fourth-order valence-electron chi connectivity index (χ4n) is 3.37. The third-order valence-corrected chi connectivity index (χ3v) is 6.04. The third-order valence-electron chi connectivity index (χ3n) is 5.05. The maximum absolute atomic E-state index is 12.4. The maximum atomic E-state index is 12.4. The van der Waals surface area contributed by atoms with Gasteiger partial charge in [-0.3, -0.25) is 14.6 Å². The molecule has 2 aromatic heterocycles. The molecule has 0 aliphatic carbocycles. The summed E-state index contributed by atoms with van der Waals surface area (Å²) in [6, 6.07) is 13.1. The number of ether oxygens (including phenoxy) is 1. The predicted octanol–water partition coefficient (Wildman–Crippen LogP) is 2.76. The lowest BCUT2D eigenvalue weighted by Gasteiger charge is -2.17. The minimum absolute atomic E-state index is 0.0815. The molecule has 3 aromatic rings. The van der Waals surface area contributed by atoms with E-state index in [4.69, 9.17) is 9.26 Å². The van der Waals surface area contributed by atoms with Crippen molar-refractivity contribution in [2.75, 3.05) is 36.3 Å². The molecule has 1 aliphatic heterocycles. The molecule has 3 heterocycles. The van der Waals surface area contributed by atoms with Gasteiger partial charge in [-0.2, -0.15) is 10.3 Å². The van der Waals surface area contributed by atoms with Crippen LogP contribution in [0.25, 0.3) is 11.3 Å². The van der Waals surface area contributed by atoms with Crippen molar-refractivity contribution in [1.82, 2.24) is 10.3 Å². The van der Waals surface area contributed by atoms with Gasteiger partial charge in [0.1, 0.15) is 16.8 Å². The van der Waals surface area contributed by atoms with Gasteiger partial charge in [-0.25, -0.2) is 4.98 Å². The number of hydrogen-bond donors (Lipinski definition) is 1. The van der Waals surface area contributed by atoms with Crippen LogP contribution in [0.15, 0.2) is 52.1 Å². The monoisotopic (exact) mass is 451 g/mol. The maximum Gasteiger partial charge on any atom is 0.305 e. The van der Waals surface area contributed by atoms with Crippen LogP contribution in [0, 0.1) is 11.3 Å². The molecule has 164 valence electrons. The Morgan fingerprint density at radius 3 is 2.75 bits per heavy atom. The zero-order valence-corrected chi connectivity index (χ0v) is 18.5. The molecule has 0 radical (unpaired) electrons. The van der Waals surface area contributed by atoms with Crippen molar-refractivity contribution >= 4 is 23.6 Å². The van der Waals surface area contributed by atoms with Gasteiger partial charge in [0.05, 0.1) is 42.0 Å². The molecule has 10 heteroatoms. The number of carbonyl (C=O) groups excluding carboxylic acids is 1. The van der Waals surface area contributed by atoms with E-state index in [9.17, 15) is 10.1 Å². The van der Waals surface area contributed by atoms with Crippen molar-refractivity contribution in [1.29, 1.82) is 5.26 Å². The second kappa shape index (κ2) is 10.2. The molecular formula is C22H23N6O3S+. The Labute approximate surface area is 189 Å². The Balaban J connectivity index is 1.39. The minimum Gasteiger partial charge on any atom is -0.497 e. The number of aromatic nitrogens is 3. The van der Waals surface area contributed by atoms with Gasteiger partial charge >= 0.3 is 5.88 Å². The van der Waals surface area contributed by atoms with E-state index in [-0.39, 0.29) is 17.5 Å². The van der Waals surface area contributed by atoms with Crippen molar-refractivity contribution in [2.45, 2.75) is 24.3 Å². The normalized spacial score (nSPS) is 13.4. The molecule has 0 atom stereocenters. The van der Waals surface area contributed by atoms with Gasteiger partial charge in [-0.1, -0.05) is 11.8 Å². The number of piperidine rings is 1. The number of methoxy groups -OCH3 is 1. The summed E-state index contributed by atoms with van der Waals surface area (Å²) in [7, 11) is 1.61. The predicted molar refractivity (Wildman–Crippen MR) is 119 cm³/mol. The van der Waals surface area contributed by atoms with Crippen LogP contribution in [0.2, 0.25) is 0 Å². The zero-order chi connectivity index (χ0) is 22.3. The standard InChI is InChI=1S/C22H22N6O3S/c1-30-18-8-5-16(6-9-18)19-10-7-17(13-23)22(24-19)32-15-20(29)25-21-14-28(26-31-21)27-11-3-2-4-12-27/h5-10,14H,2-4,11-12,15H2,1H3/p+1. The first-order valence-corrected chi connectivity index (χ1v) is 11.3. The van der Waals surface area contributed by atoms with Gasteiger partial charge < -0.3 is 4.74 Å². The van der Waals surface area contributed by atoms with E-state index in [1.807, 2.05) is 24.3 Å². The molecule has 1 aliphatic rings. The summed E-state index contributed by atoms with van der Waals surface area (Å²) in [4.78, 5) is 18.7. The van der Waals surface area contributed by atoms with Gasteiger partial charge in [0.2, 0.25) is 11.2 Å². The molecule has 1 saturated heterocycles. The molecular weight excluding hydrogens is 428 g/mol. The first-order chi connectivity index (χ1) is 15.7. The van der Waals surface area contributed by atoms with Gasteiger partial charge in [-0.15, -0.1) is 0 Å². The van der Waals surface area contributed by atoms with Crippen molar-refractivity contribution in [2.24, 2.45) is 0 Å². The smallest absolute Gasteiger partial charge is 0.305 e. The molecule has 0 spiro atoms. The van der Waals surface area contributed by atoms with Crippen LogP contribution in [-0.4, -0.2) is 42.1 Å². The number of nitriles is 1. The molecule has 0 unspecified atom stereocenters. The molecule has 1 aromatic carbocycles. The SMILES string of the molecule is COc1ccc(-c2ccc(C#N)c(SCC(=O)Nc3c[n+](N4CCCCC4)no3)n2)cc1. The summed E-state index contributed by atoms with van der Waals surface area (Å²) in [5, 5.41) is 18.7. The lowest BCUT2D eigenvalue weighted by atomic mass is 10.1. The number of thioether (sulfide) groups is 1. The van der Waals surface area contributed by atoms with Gasteiger partial charge in [0.15, 0.2) is 0 Å². The van der Waals surface area contributed by atoms with Crippen LogP contribution in [0.5, 0.6) is 5.75 Å². The number of carbonyl (C=O) groups is 1. The number of nitrogens with zero attached hydrogens (tertiary/aromatic N) is 5. The Bertz CT molecular complexity index is 1120. The van der Waals surface area contributed by atoms with Gasteiger partial charge in [0.25, 0.3) is 6.20 Å². The number of anilines is 1. The van der Waals surface area contributed by atoms with E-state index in [1.165, 1.54) is 18.2 Å². The lowest BCUT2D eigenvalue weighted by Crippen LogP contribution is -2.60. The minimum atomic E-state index is -0.266. The average molecular weight is 452 g/mol. The topological polar surface area (TPSA) is 108 Å². The summed E-state index contributed by atoms with van der Waals surface area (Å²) in [5.74, 6) is 0.847.